The van der Waals surface area contributed by atoms with Crippen molar-refractivity contribution >= 4 is 23.5 Å². The molecule has 0 aliphatic rings. The molecule has 7 heteroatoms. The molecule has 0 unspecified atom stereocenters. The van der Waals surface area contributed by atoms with E-state index in [4.69, 9.17) is 4.74 Å². The third kappa shape index (κ3) is 7.04. The van der Waals surface area contributed by atoms with Crippen LogP contribution in [-0.2, 0) is 16.1 Å². The Morgan fingerprint density at radius 2 is 1.55 bits per heavy atom. The molecule has 29 heavy (non-hydrogen) atoms. The number of likely N-dealkylation sites (N-methyl/N-ethyl adjacent to an activating group) is 1. The average molecular weight is 397 g/mol. The number of carbonyl (C=O) groups is 3. The van der Waals surface area contributed by atoms with Crippen LogP contribution in [0.2, 0.25) is 0 Å². The minimum atomic E-state index is -0.389. The lowest BCUT2D eigenvalue weighted by Crippen LogP contribution is -2.29. The third-order valence-corrected chi connectivity index (χ3v) is 4.06. The second-order valence-electron chi connectivity index (χ2n) is 7.03. The molecule has 0 fully saturated rings. The number of rotatable bonds is 8. The number of hydrogen-bond donors (Lipinski definition) is 2. The lowest BCUT2D eigenvalue weighted by molar-refractivity contribution is -0.117. The number of carbonyl (C=O) groups excluding carboxylic acids is 3. The topological polar surface area (TPSA) is 87.7 Å². The van der Waals surface area contributed by atoms with Crippen LogP contribution in [-0.4, -0.2) is 49.4 Å². The van der Waals surface area contributed by atoms with E-state index < -0.39 is 0 Å². The van der Waals surface area contributed by atoms with Gasteiger partial charge in [-0.3, -0.25) is 14.5 Å². The molecule has 0 atom stereocenters. The zero-order valence-corrected chi connectivity index (χ0v) is 17.2. The Kier molecular flexibility index (Phi) is 7.91. The fraction of sp³-hybridized carbons (Fsp3) is 0.318. The predicted octanol–water partition coefficient (Wildman–Crippen LogP) is 2.68. The molecule has 0 heterocycles. The molecule has 154 valence electrons. The number of amides is 2. The van der Waals surface area contributed by atoms with Crippen LogP contribution >= 0.6 is 0 Å². The number of ether oxygens (including phenoxy) is 1. The smallest absolute Gasteiger partial charge is 0.338 e. The molecule has 0 saturated heterocycles. The SMILES string of the molecule is CNC(=O)c1ccc(CN(C)CC(=O)Nc2ccc(C(=O)OC(C)C)cc2)cc1. The largest absolute Gasteiger partial charge is 0.459 e. The van der Waals surface area contributed by atoms with Gasteiger partial charge in [-0.2, -0.15) is 0 Å². The van der Waals surface area contributed by atoms with E-state index >= 15 is 0 Å². The van der Waals surface area contributed by atoms with Crippen LogP contribution in [0.4, 0.5) is 5.69 Å². The zero-order chi connectivity index (χ0) is 21.4. The molecular weight excluding hydrogens is 370 g/mol. The van der Waals surface area contributed by atoms with Crippen molar-refractivity contribution in [3.8, 4) is 0 Å². The summed E-state index contributed by atoms with van der Waals surface area (Å²) in [7, 11) is 3.44. The van der Waals surface area contributed by atoms with Crippen molar-refractivity contribution in [3.05, 3.63) is 65.2 Å². The Hall–Kier alpha value is -3.19. The Morgan fingerprint density at radius 1 is 0.966 bits per heavy atom. The maximum atomic E-state index is 12.3. The van der Waals surface area contributed by atoms with Gasteiger partial charge in [0.2, 0.25) is 5.91 Å². The fourth-order valence-electron chi connectivity index (χ4n) is 2.69. The maximum absolute atomic E-state index is 12.3. The number of hydrogen-bond acceptors (Lipinski definition) is 5. The maximum Gasteiger partial charge on any atom is 0.338 e. The van der Waals surface area contributed by atoms with Crippen LogP contribution in [0.1, 0.15) is 40.1 Å². The Bertz CT molecular complexity index is 845. The summed E-state index contributed by atoms with van der Waals surface area (Å²) in [5, 5.41) is 5.39. The lowest BCUT2D eigenvalue weighted by Gasteiger charge is -2.16. The zero-order valence-electron chi connectivity index (χ0n) is 17.2. The van der Waals surface area contributed by atoms with Crippen molar-refractivity contribution in [2.24, 2.45) is 0 Å². The van der Waals surface area contributed by atoms with Gasteiger partial charge in [0.05, 0.1) is 18.2 Å². The molecule has 2 aromatic carbocycles. The van der Waals surface area contributed by atoms with E-state index in [1.807, 2.05) is 24.1 Å². The van der Waals surface area contributed by atoms with Gasteiger partial charge < -0.3 is 15.4 Å². The van der Waals surface area contributed by atoms with Crippen LogP contribution in [0.3, 0.4) is 0 Å². The highest BCUT2D eigenvalue weighted by Gasteiger charge is 2.11. The minimum Gasteiger partial charge on any atom is -0.459 e. The predicted molar refractivity (Wildman–Crippen MR) is 112 cm³/mol. The molecule has 0 saturated carbocycles. The van der Waals surface area contributed by atoms with Gasteiger partial charge in [0, 0.05) is 24.8 Å². The summed E-state index contributed by atoms with van der Waals surface area (Å²) in [6.45, 7) is 4.36. The van der Waals surface area contributed by atoms with Gasteiger partial charge >= 0.3 is 5.97 Å². The first-order valence-corrected chi connectivity index (χ1v) is 9.39. The van der Waals surface area contributed by atoms with Crippen LogP contribution in [0, 0.1) is 0 Å². The van der Waals surface area contributed by atoms with E-state index in [0.29, 0.717) is 23.4 Å². The molecule has 0 radical (unpaired) electrons. The summed E-state index contributed by atoms with van der Waals surface area (Å²) in [6, 6.07) is 13.8. The van der Waals surface area contributed by atoms with Gasteiger partial charge in [-0.1, -0.05) is 12.1 Å². The molecular formula is C22H27N3O4. The molecule has 0 spiro atoms. The Balaban J connectivity index is 1.85. The van der Waals surface area contributed by atoms with E-state index in [-0.39, 0.29) is 30.4 Å². The average Bonchev–Trinajstić information content (AvgIpc) is 2.67. The molecule has 0 aliphatic heterocycles. The van der Waals surface area contributed by atoms with E-state index in [2.05, 4.69) is 10.6 Å². The van der Waals surface area contributed by atoms with Crippen molar-refractivity contribution in [2.45, 2.75) is 26.5 Å². The summed E-state index contributed by atoms with van der Waals surface area (Å²) >= 11 is 0. The first-order valence-electron chi connectivity index (χ1n) is 9.39. The van der Waals surface area contributed by atoms with Crippen LogP contribution in [0.25, 0.3) is 0 Å². The number of nitrogens with zero attached hydrogens (tertiary/aromatic N) is 1. The molecule has 2 aromatic rings. The standard InChI is InChI=1S/C22H27N3O4/c1-15(2)29-22(28)18-9-11-19(12-10-18)24-20(26)14-25(4)13-16-5-7-17(8-6-16)21(27)23-3/h5-12,15H,13-14H2,1-4H3,(H,23,27)(H,24,26). The minimum absolute atomic E-state index is 0.132. The van der Waals surface area contributed by atoms with Gasteiger partial charge in [0.1, 0.15) is 0 Å². The number of esters is 1. The van der Waals surface area contributed by atoms with Crippen molar-refractivity contribution < 1.29 is 19.1 Å². The summed E-state index contributed by atoms with van der Waals surface area (Å²) in [5.74, 6) is -0.681. The van der Waals surface area contributed by atoms with E-state index in [9.17, 15) is 14.4 Å². The van der Waals surface area contributed by atoms with Crippen molar-refractivity contribution in [2.75, 3.05) is 26.0 Å². The highest BCUT2D eigenvalue weighted by molar-refractivity contribution is 5.94. The normalized spacial score (nSPS) is 10.7. The second kappa shape index (κ2) is 10.4. The van der Waals surface area contributed by atoms with Crippen LogP contribution < -0.4 is 10.6 Å². The quantitative estimate of drug-likeness (QED) is 0.669. The molecule has 2 rings (SSSR count). The Labute approximate surface area is 171 Å². The fourth-order valence-corrected chi connectivity index (χ4v) is 2.69. The lowest BCUT2D eigenvalue weighted by atomic mass is 10.1. The van der Waals surface area contributed by atoms with Crippen molar-refractivity contribution in [1.82, 2.24) is 10.2 Å². The molecule has 2 N–H and O–H groups in total. The number of nitrogens with one attached hydrogen (secondary N) is 2. The van der Waals surface area contributed by atoms with E-state index in [1.54, 1.807) is 57.3 Å². The Morgan fingerprint density at radius 3 is 2.10 bits per heavy atom. The number of anilines is 1. The monoisotopic (exact) mass is 397 g/mol. The van der Waals surface area contributed by atoms with Crippen LogP contribution in [0.15, 0.2) is 48.5 Å². The van der Waals surface area contributed by atoms with Crippen LogP contribution in [0.5, 0.6) is 0 Å². The molecule has 0 aromatic heterocycles. The molecule has 0 aliphatic carbocycles. The third-order valence-electron chi connectivity index (χ3n) is 4.06. The van der Waals surface area contributed by atoms with Gasteiger partial charge in [0.25, 0.3) is 5.91 Å². The summed E-state index contributed by atoms with van der Waals surface area (Å²) in [6.07, 6.45) is -0.183. The first kappa shape index (κ1) is 22.1. The summed E-state index contributed by atoms with van der Waals surface area (Å²) < 4.78 is 5.14. The highest BCUT2D eigenvalue weighted by atomic mass is 16.5. The van der Waals surface area contributed by atoms with E-state index in [0.717, 1.165) is 5.56 Å². The number of benzene rings is 2. The van der Waals surface area contributed by atoms with Crippen molar-refractivity contribution in [3.63, 3.8) is 0 Å². The summed E-state index contributed by atoms with van der Waals surface area (Å²) in [5.41, 5.74) is 2.65. The van der Waals surface area contributed by atoms with Gasteiger partial charge in [0.15, 0.2) is 0 Å². The first-order chi connectivity index (χ1) is 13.8. The molecule has 7 nitrogen and oxygen atoms in total. The van der Waals surface area contributed by atoms with Gasteiger partial charge in [-0.05, 0) is 62.9 Å². The van der Waals surface area contributed by atoms with Gasteiger partial charge in [-0.15, -0.1) is 0 Å². The van der Waals surface area contributed by atoms with Crippen molar-refractivity contribution in [1.29, 1.82) is 0 Å². The summed E-state index contributed by atoms with van der Waals surface area (Å²) in [4.78, 5) is 37.6. The molecule has 2 amide bonds. The van der Waals surface area contributed by atoms with E-state index in [1.165, 1.54) is 0 Å². The second-order valence-corrected chi connectivity index (χ2v) is 7.03. The molecule has 0 bridgehead atoms. The highest BCUT2D eigenvalue weighted by Crippen LogP contribution is 2.12. The van der Waals surface area contributed by atoms with Gasteiger partial charge in [-0.25, -0.2) is 4.79 Å².